The second-order valence-electron chi connectivity index (χ2n) is 9.03. The van der Waals surface area contributed by atoms with Gasteiger partial charge in [-0.25, -0.2) is 0 Å². The van der Waals surface area contributed by atoms with Crippen molar-refractivity contribution < 1.29 is 14.3 Å². The zero-order valence-electron chi connectivity index (χ0n) is 17.1. The topological polar surface area (TPSA) is 112 Å². The molecule has 0 amide bonds. The minimum Gasteiger partial charge on any atom is -0.495 e. The summed E-state index contributed by atoms with van der Waals surface area (Å²) in [6.07, 6.45) is 6.77. The van der Waals surface area contributed by atoms with E-state index >= 15 is 0 Å². The number of para-hydroxylation sites is 2. The van der Waals surface area contributed by atoms with Crippen molar-refractivity contribution in [3.05, 3.63) is 30.1 Å². The standard InChI is InChI=1S/C22H27N5O3/c1-29-17-5-3-2-4-16(17)24-21-26-18(25-20(23)27-21)12-30-19(28)22-9-13-6-14(10-22)8-15(7-13)11-22/h2-5,13-15H,6-12H2,1H3,(H3,23,24,25,26,27). The van der Waals surface area contributed by atoms with E-state index in [4.69, 9.17) is 15.2 Å². The van der Waals surface area contributed by atoms with E-state index in [1.807, 2.05) is 24.3 Å². The van der Waals surface area contributed by atoms with Gasteiger partial charge in [-0.1, -0.05) is 12.1 Å². The van der Waals surface area contributed by atoms with Crippen LogP contribution in [-0.4, -0.2) is 28.0 Å². The molecule has 0 unspecified atom stereocenters. The first-order valence-corrected chi connectivity index (χ1v) is 10.6. The number of hydrogen-bond acceptors (Lipinski definition) is 8. The molecular weight excluding hydrogens is 382 g/mol. The zero-order chi connectivity index (χ0) is 20.7. The summed E-state index contributed by atoms with van der Waals surface area (Å²) in [5, 5.41) is 3.09. The average Bonchev–Trinajstić information content (AvgIpc) is 2.71. The molecule has 8 heteroatoms. The van der Waals surface area contributed by atoms with Gasteiger partial charge in [-0.2, -0.15) is 15.0 Å². The van der Waals surface area contributed by atoms with Crippen LogP contribution in [-0.2, 0) is 16.1 Å². The molecule has 3 N–H and O–H groups in total. The number of hydrogen-bond donors (Lipinski definition) is 2. The molecule has 4 aliphatic carbocycles. The lowest BCUT2D eigenvalue weighted by Crippen LogP contribution is -2.50. The Labute approximate surface area is 175 Å². The lowest BCUT2D eigenvalue weighted by molar-refractivity contribution is -0.173. The minimum atomic E-state index is -0.300. The molecule has 158 valence electrons. The molecule has 4 saturated carbocycles. The van der Waals surface area contributed by atoms with Crippen LogP contribution in [0, 0.1) is 23.2 Å². The van der Waals surface area contributed by atoms with Crippen molar-refractivity contribution in [1.29, 1.82) is 0 Å². The summed E-state index contributed by atoms with van der Waals surface area (Å²) < 4.78 is 11.1. The molecule has 8 nitrogen and oxygen atoms in total. The normalized spacial score (nSPS) is 28.9. The van der Waals surface area contributed by atoms with Crippen molar-refractivity contribution in [2.45, 2.75) is 45.1 Å². The third-order valence-corrected chi connectivity index (χ3v) is 6.86. The Morgan fingerprint density at radius 1 is 1.10 bits per heavy atom. The van der Waals surface area contributed by atoms with Gasteiger partial charge >= 0.3 is 5.97 Å². The summed E-state index contributed by atoms with van der Waals surface area (Å²) in [6.45, 7) is -0.00604. The molecule has 0 aliphatic heterocycles. The first-order chi connectivity index (χ1) is 14.5. The van der Waals surface area contributed by atoms with Crippen molar-refractivity contribution in [2.75, 3.05) is 18.2 Å². The molecule has 0 saturated heterocycles. The summed E-state index contributed by atoms with van der Waals surface area (Å²) in [6, 6.07) is 7.44. The largest absolute Gasteiger partial charge is 0.495 e. The van der Waals surface area contributed by atoms with Gasteiger partial charge < -0.3 is 20.5 Å². The Morgan fingerprint density at radius 2 is 1.77 bits per heavy atom. The molecule has 6 rings (SSSR count). The summed E-state index contributed by atoms with van der Waals surface area (Å²) >= 11 is 0. The number of rotatable bonds is 6. The Morgan fingerprint density at radius 3 is 2.43 bits per heavy atom. The second kappa shape index (κ2) is 7.41. The number of ether oxygens (including phenoxy) is 2. The third kappa shape index (κ3) is 3.55. The Hall–Kier alpha value is -2.90. The highest BCUT2D eigenvalue weighted by molar-refractivity contribution is 5.77. The Kier molecular flexibility index (Phi) is 4.72. The number of nitrogens with zero attached hydrogens (tertiary/aromatic N) is 3. The monoisotopic (exact) mass is 409 g/mol. The maximum Gasteiger partial charge on any atom is 0.312 e. The van der Waals surface area contributed by atoms with Gasteiger partial charge in [0.25, 0.3) is 0 Å². The summed E-state index contributed by atoms with van der Waals surface area (Å²) in [4.78, 5) is 25.7. The number of carbonyl (C=O) groups excluding carboxylic acids is 1. The van der Waals surface area contributed by atoms with Crippen molar-refractivity contribution >= 4 is 23.6 Å². The second-order valence-corrected chi connectivity index (χ2v) is 9.03. The highest BCUT2D eigenvalue weighted by Gasteiger charge is 2.55. The predicted molar refractivity (Wildman–Crippen MR) is 111 cm³/mol. The number of esters is 1. The van der Waals surface area contributed by atoms with Crippen molar-refractivity contribution in [3.63, 3.8) is 0 Å². The zero-order valence-corrected chi connectivity index (χ0v) is 17.1. The Balaban J connectivity index is 1.28. The molecule has 1 aromatic heterocycles. The number of benzene rings is 1. The molecular formula is C22H27N5O3. The number of nitrogens with one attached hydrogen (secondary N) is 1. The SMILES string of the molecule is COc1ccccc1Nc1nc(N)nc(COC(=O)C23CC4CC(CC(C4)C2)C3)n1. The summed E-state index contributed by atoms with van der Waals surface area (Å²) in [5.41, 5.74) is 6.27. The van der Waals surface area contributed by atoms with Gasteiger partial charge in [0.2, 0.25) is 11.9 Å². The molecule has 4 fully saturated rings. The molecule has 2 aromatic rings. The molecule has 1 aromatic carbocycles. The van der Waals surface area contributed by atoms with E-state index in [2.05, 4.69) is 20.3 Å². The van der Waals surface area contributed by atoms with E-state index in [1.165, 1.54) is 19.3 Å². The van der Waals surface area contributed by atoms with E-state index in [0.717, 1.165) is 19.3 Å². The fourth-order valence-electron chi connectivity index (χ4n) is 6.07. The summed E-state index contributed by atoms with van der Waals surface area (Å²) in [5.74, 6) is 3.31. The maximum atomic E-state index is 13.1. The van der Waals surface area contributed by atoms with Crippen molar-refractivity contribution in [1.82, 2.24) is 15.0 Å². The van der Waals surface area contributed by atoms with Gasteiger partial charge in [-0.3, -0.25) is 4.79 Å². The fraction of sp³-hybridized carbons (Fsp3) is 0.545. The molecule has 30 heavy (non-hydrogen) atoms. The molecule has 1 heterocycles. The molecule has 0 radical (unpaired) electrons. The quantitative estimate of drug-likeness (QED) is 0.698. The van der Waals surface area contributed by atoms with Crippen molar-refractivity contribution in [2.24, 2.45) is 23.2 Å². The van der Waals surface area contributed by atoms with Crippen molar-refractivity contribution in [3.8, 4) is 5.75 Å². The molecule has 4 bridgehead atoms. The predicted octanol–water partition coefficient (Wildman–Crippen LogP) is 3.47. The molecule has 0 spiro atoms. The van der Waals surface area contributed by atoms with E-state index in [1.54, 1.807) is 7.11 Å². The van der Waals surface area contributed by atoms with E-state index in [9.17, 15) is 4.79 Å². The Bertz CT molecular complexity index is 928. The number of carbonyl (C=O) groups is 1. The fourth-order valence-corrected chi connectivity index (χ4v) is 6.07. The van der Waals surface area contributed by atoms with Crippen LogP contribution < -0.4 is 15.8 Å². The van der Waals surface area contributed by atoms with Gasteiger partial charge in [0.15, 0.2) is 12.4 Å². The lowest BCUT2D eigenvalue weighted by Gasteiger charge is -2.55. The highest BCUT2D eigenvalue weighted by Crippen LogP contribution is 2.60. The maximum absolute atomic E-state index is 13.1. The number of nitrogens with two attached hydrogens (primary N) is 1. The lowest BCUT2D eigenvalue weighted by atomic mass is 9.49. The molecule has 4 aliphatic rings. The van der Waals surface area contributed by atoms with Crippen LogP contribution in [0.15, 0.2) is 24.3 Å². The van der Waals surface area contributed by atoms with Gasteiger partial charge in [0.1, 0.15) is 5.75 Å². The number of methoxy groups -OCH3 is 1. The van der Waals surface area contributed by atoms with Crippen LogP contribution in [0.2, 0.25) is 0 Å². The van der Waals surface area contributed by atoms with Gasteiger partial charge in [-0.15, -0.1) is 0 Å². The molecule has 0 atom stereocenters. The van der Waals surface area contributed by atoms with Gasteiger partial charge in [0, 0.05) is 0 Å². The van der Waals surface area contributed by atoms with Gasteiger partial charge in [-0.05, 0) is 68.4 Å². The van der Waals surface area contributed by atoms with Gasteiger partial charge in [0.05, 0.1) is 18.2 Å². The van der Waals surface area contributed by atoms with Crippen LogP contribution in [0.4, 0.5) is 17.6 Å². The highest BCUT2D eigenvalue weighted by atomic mass is 16.5. The minimum absolute atomic E-state index is 0.00604. The number of nitrogen functional groups attached to an aromatic ring is 1. The summed E-state index contributed by atoms with van der Waals surface area (Å²) in [7, 11) is 1.59. The van der Waals surface area contributed by atoms with E-state index < -0.39 is 0 Å². The number of anilines is 3. The van der Waals surface area contributed by atoms with Crippen LogP contribution >= 0.6 is 0 Å². The first-order valence-electron chi connectivity index (χ1n) is 10.6. The third-order valence-electron chi connectivity index (χ3n) is 6.86. The van der Waals surface area contributed by atoms with Crippen LogP contribution in [0.1, 0.15) is 44.3 Å². The van der Waals surface area contributed by atoms with Crippen LogP contribution in [0.3, 0.4) is 0 Å². The van der Waals surface area contributed by atoms with E-state index in [0.29, 0.717) is 35.0 Å². The average molecular weight is 409 g/mol. The van der Waals surface area contributed by atoms with Crippen LogP contribution in [0.5, 0.6) is 5.75 Å². The smallest absolute Gasteiger partial charge is 0.312 e. The first kappa shape index (κ1) is 19.1. The van der Waals surface area contributed by atoms with Crippen LogP contribution in [0.25, 0.3) is 0 Å². The number of aromatic nitrogens is 3. The van der Waals surface area contributed by atoms with E-state index in [-0.39, 0.29) is 29.9 Å².